The van der Waals surface area contributed by atoms with Gasteiger partial charge in [0.15, 0.2) is 0 Å². The Morgan fingerprint density at radius 1 is 1.12 bits per heavy atom. The van der Waals surface area contributed by atoms with Crippen LogP contribution in [0, 0.1) is 24.6 Å². The van der Waals surface area contributed by atoms with Crippen molar-refractivity contribution in [3.05, 3.63) is 76.7 Å². The van der Waals surface area contributed by atoms with E-state index in [4.69, 9.17) is 14.2 Å². The summed E-state index contributed by atoms with van der Waals surface area (Å²) in [5.41, 5.74) is 3.89. The lowest BCUT2D eigenvalue weighted by Crippen LogP contribution is -2.49. The zero-order valence-corrected chi connectivity index (χ0v) is 23.4. The zero-order chi connectivity index (χ0) is 28.7. The predicted molar refractivity (Wildman–Crippen MR) is 150 cm³/mol. The van der Waals surface area contributed by atoms with Crippen LogP contribution in [0.3, 0.4) is 0 Å². The number of aryl methyl sites for hydroxylation is 1. The maximum absolute atomic E-state index is 14.8. The van der Waals surface area contributed by atoms with Crippen LogP contribution < -0.4 is 9.47 Å². The normalized spacial score (nSPS) is 26.2. The first-order chi connectivity index (χ1) is 19.8. The van der Waals surface area contributed by atoms with E-state index >= 15 is 0 Å². The van der Waals surface area contributed by atoms with Crippen LogP contribution in [0.4, 0.5) is 4.39 Å². The molecule has 5 atom stereocenters. The van der Waals surface area contributed by atoms with Crippen LogP contribution in [0.5, 0.6) is 11.6 Å². The van der Waals surface area contributed by atoms with E-state index in [1.165, 1.54) is 17.2 Å². The van der Waals surface area contributed by atoms with Gasteiger partial charge in [0.2, 0.25) is 5.88 Å². The third-order valence-electron chi connectivity index (χ3n) is 8.90. The van der Waals surface area contributed by atoms with Crippen molar-refractivity contribution in [1.29, 1.82) is 0 Å². The van der Waals surface area contributed by atoms with E-state index in [9.17, 15) is 19.4 Å². The molecule has 41 heavy (non-hydrogen) atoms. The second-order valence-electron chi connectivity index (χ2n) is 11.6. The molecule has 3 aliphatic carbocycles. The fourth-order valence-electron chi connectivity index (χ4n) is 6.55. The Labute approximate surface area is 239 Å². The van der Waals surface area contributed by atoms with Gasteiger partial charge in [0, 0.05) is 28.8 Å². The van der Waals surface area contributed by atoms with Crippen molar-refractivity contribution < 1.29 is 33.6 Å². The number of ether oxygens (including phenoxy) is 3. The number of carbonyl (C=O) groups excluding carboxylic acids is 1. The fraction of sp³-hybridized carbons (Fsp3) is 0.455. The van der Waals surface area contributed by atoms with Crippen molar-refractivity contribution in [2.45, 2.75) is 70.2 Å². The molecule has 2 fully saturated rings. The molecular weight excluding hydrogens is 525 g/mol. The highest BCUT2D eigenvalue weighted by Crippen LogP contribution is 2.62. The molecule has 2 saturated carbocycles. The number of pyridine rings is 1. The molecule has 3 aromatic rings. The first-order valence-electron chi connectivity index (χ1n) is 14.5. The minimum Gasteiger partial charge on any atom is -0.489 e. The lowest BCUT2D eigenvalue weighted by molar-refractivity contribution is -0.145. The zero-order valence-electron chi connectivity index (χ0n) is 23.4. The number of benzene rings is 2. The molecule has 6 rings (SSSR count). The molecule has 0 radical (unpaired) electrons. The monoisotopic (exact) mass is 561 g/mol. The van der Waals surface area contributed by atoms with Crippen LogP contribution in [0.25, 0.3) is 11.1 Å². The van der Waals surface area contributed by atoms with Gasteiger partial charge in [0.05, 0.1) is 18.6 Å². The van der Waals surface area contributed by atoms with Crippen molar-refractivity contribution in [1.82, 2.24) is 4.98 Å². The summed E-state index contributed by atoms with van der Waals surface area (Å²) in [6, 6.07) is 14.4. The number of aliphatic hydroxyl groups excluding tert-OH is 1. The Hall–Kier alpha value is -3.49. The Morgan fingerprint density at radius 2 is 1.98 bits per heavy atom. The molecule has 3 aliphatic rings. The van der Waals surface area contributed by atoms with Crippen LogP contribution in [0.1, 0.15) is 60.9 Å². The topological polar surface area (TPSA) is 98.1 Å². The Kier molecular flexibility index (Phi) is 7.47. The minimum atomic E-state index is -1.26. The number of esters is 1. The molecule has 0 spiro atoms. The number of aromatic nitrogens is 1. The Balaban J connectivity index is 1.10. The van der Waals surface area contributed by atoms with Gasteiger partial charge >= 0.3 is 5.97 Å². The van der Waals surface area contributed by atoms with Gasteiger partial charge in [-0.3, -0.25) is 4.79 Å². The van der Waals surface area contributed by atoms with E-state index in [1.807, 2.05) is 38.1 Å². The van der Waals surface area contributed by atoms with Crippen molar-refractivity contribution in [3.8, 4) is 22.8 Å². The van der Waals surface area contributed by atoms with Crippen LogP contribution in [-0.2, 0) is 22.6 Å². The predicted octanol–water partition coefficient (Wildman–Crippen LogP) is 5.27. The van der Waals surface area contributed by atoms with E-state index < -0.39 is 11.7 Å². The molecule has 0 bridgehead atoms. The molecule has 2 N–H and O–H groups in total. The van der Waals surface area contributed by atoms with Gasteiger partial charge in [-0.15, -0.1) is 0 Å². The summed E-state index contributed by atoms with van der Waals surface area (Å²) in [4.78, 5) is 16.7. The second kappa shape index (κ2) is 11.1. The van der Waals surface area contributed by atoms with E-state index in [0.29, 0.717) is 48.3 Å². The van der Waals surface area contributed by atoms with Crippen molar-refractivity contribution >= 4 is 5.97 Å². The standard InChI is InChI=1S/C33H36FNO6/c1-3-39-32(37)31-26-16-21-15-23(8-9-25(21)30(26)31)40-17-22-14-20(7-11-27(22)34)24-10-12-29(35-19(24)2)41-18-33(38)13-5-4-6-28(33)36/h7-12,14-15,26,28,30-31,36,38H,3-6,13,16-18H2,1-2H3/t26-,28?,30+,31+,33?/m1/s1. The number of nitrogens with zero attached hydrogens (tertiary/aromatic N) is 1. The summed E-state index contributed by atoms with van der Waals surface area (Å²) in [6.07, 6.45) is 2.83. The number of carbonyl (C=O) groups is 1. The van der Waals surface area contributed by atoms with Gasteiger partial charge < -0.3 is 24.4 Å². The highest BCUT2D eigenvalue weighted by atomic mass is 19.1. The molecule has 2 unspecified atom stereocenters. The van der Waals surface area contributed by atoms with Gasteiger partial charge in [0.25, 0.3) is 0 Å². The molecule has 1 aromatic heterocycles. The molecule has 2 aromatic carbocycles. The maximum Gasteiger partial charge on any atom is 0.309 e. The number of aliphatic hydroxyl groups is 2. The summed E-state index contributed by atoms with van der Waals surface area (Å²) < 4.78 is 31.7. The third-order valence-corrected chi connectivity index (χ3v) is 8.90. The highest BCUT2D eigenvalue weighted by molar-refractivity contribution is 5.79. The summed E-state index contributed by atoms with van der Waals surface area (Å²) in [7, 11) is 0. The third kappa shape index (κ3) is 5.43. The van der Waals surface area contributed by atoms with Crippen molar-refractivity contribution in [2.75, 3.05) is 13.2 Å². The van der Waals surface area contributed by atoms with Gasteiger partial charge in [0.1, 0.15) is 30.4 Å². The summed E-state index contributed by atoms with van der Waals surface area (Å²) >= 11 is 0. The molecular formula is C33H36FNO6. The maximum atomic E-state index is 14.8. The first-order valence-corrected chi connectivity index (χ1v) is 14.5. The minimum absolute atomic E-state index is 0.0199. The summed E-state index contributed by atoms with van der Waals surface area (Å²) in [6.45, 7) is 4.14. The quantitative estimate of drug-likeness (QED) is 0.344. The lowest BCUT2D eigenvalue weighted by atomic mass is 9.83. The summed E-state index contributed by atoms with van der Waals surface area (Å²) in [5, 5.41) is 20.9. The van der Waals surface area contributed by atoms with E-state index in [-0.39, 0.29) is 36.8 Å². The Bertz CT molecular complexity index is 1460. The van der Waals surface area contributed by atoms with E-state index in [1.54, 1.807) is 18.2 Å². The van der Waals surface area contributed by atoms with Crippen molar-refractivity contribution in [3.63, 3.8) is 0 Å². The van der Waals surface area contributed by atoms with Crippen LogP contribution in [-0.4, -0.2) is 46.1 Å². The van der Waals surface area contributed by atoms with Crippen LogP contribution in [0.2, 0.25) is 0 Å². The van der Waals surface area contributed by atoms with Gasteiger partial charge in [-0.25, -0.2) is 9.37 Å². The lowest BCUT2D eigenvalue weighted by Gasteiger charge is -2.36. The highest BCUT2D eigenvalue weighted by Gasteiger charge is 2.60. The number of hydrogen-bond donors (Lipinski definition) is 2. The molecule has 216 valence electrons. The first kappa shape index (κ1) is 27.7. The van der Waals surface area contributed by atoms with Crippen molar-refractivity contribution in [2.24, 2.45) is 11.8 Å². The van der Waals surface area contributed by atoms with Crippen LogP contribution >= 0.6 is 0 Å². The van der Waals surface area contributed by atoms with E-state index in [0.717, 1.165) is 30.4 Å². The largest absolute Gasteiger partial charge is 0.489 e. The fourth-order valence-corrected chi connectivity index (χ4v) is 6.55. The molecule has 7 nitrogen and oxygen atoms in total. The second-order valence-corrected chi connectivity index (χ2v) is 11.6. The molecule has 0 saturated heterocycles. The van der Waals surface area contributed by atoms with Gasteiger partial charge in [-0.1, -0.05) is 25.0 Å². The SMILES string of the molecule is CCOC(=O)[C@H]1[C@@H]2Cc3cc(OCc4cc(-c5ccc(OCC6(O)CCCCC6O)nc5C)ccc4F)ccc3[C@@H]21. The molecule has 1 heterocycles. The smallest absolute Gasteiger partial charge is 0.309 e. The average Bonchev–Trinajstić information content (AvgIpc) is 3.55. The number of fused-ring (bicyclic) bond motifs is 3. The number of hydrogen-bond acceptors (Lipinski definition) is 7. The molecule has 0 aliphatic heterocycles. The average molecular weight is 562 g/mol. The number of halogens is 1. The van der Waals surface area contributed by atoms with Gasteiger partial charge in [-0.2, -0.15) is 0 Å². The van der Waals surface area contributed by atoms with Gasteiger partial charge in [-0.05, 0) is 86.1 Å². The number of rotatable bonds is 9. The molecule has 8 heteroatoms. The van der Waals surface area contributed by atoms with E-state index in [2.05, 4.69) is 4.98 Å². The molecule has 0 amide bonds. The van der Waals surface area contributed by atoms with Crippen LogP contribution in [0.15, 0.2) is 48.5 Å². The Morgan fingerprint density at radius 3 is 2.76 bits per heavy atom. The summed E-state index contributed by atoms with van der Waals surface area (Å²) in [5.74, 6) is 1.11.